The number of aliphatic hydroxyl groups is 2. The Labute approximate surface area is 162 Å². The first-order valence-electron chi connectivity index (χ1n) is 10.2. The van der Waals surface area contributed by atoms with Crippen LogP contribution in [0.2, 0.25) is 0 Å². The highest BCUT2D eigenvalue weighted by Gasteiger charge is 2.68. The summed E-state index contributed by atoms with van der Waals surface area (Å²) in [5.41, 5.74) is -1.43. The molecule has 5 nitrogen and oxygen atoms in total. The van der Waals surface area contributed by atoms with Crippen molar-refractivity contribution in [3.8, 4) is 0 Å². The number of Topliss-reactive ketones (excluding diaryl/α,β-unsaturated/α-hetero) is 1. The lowest BCUT2D eigenvalue weighted by Gasteiger charge is -2.61. The Morgan fingerprint density at radius 2 is 2.00 bits per heavy atom. The van der Waals surface area contributed by atoms with Gasteiger partial charge in [-0.3, -0.25) is 4.79 Å². The summed E-state index contributed by atoms with van der Waals surface area (Å²) in [4.78, 5) is 25.2. The molecule has 2 bridgehead atoms. The highest BCUT2D eigenvalue weighted by atomic mass is 16.6. The van der Waals surface area contributed by atoms with Crippen LogP contribution in [-0.2, 0) is 14.3 Å². The van der Waals surface area contributed by atoms with Gasteiger partial charge in [-0.2, -0.15) is 0 Å². The van der Waals surface area contributed by atoms with Gasteiger partial charge in [-0.1, -0.05) is 33.8 Å². The minimum absolute atomic E-state index is 0.0433. The van der Waals surface area contributed by atoms with Gasteiger partial charge in [0.1, 0.15) is 18.5 Å². The number of carbonyl (C=O) groups is 2. The normalized spacial score (nSPS) is 49.7. The zero-order chi connectivity index (χ0) is 20.2. The van der Waals surface area contributed by atoms with Gasteiger partial charge in [-0.15, -0.1) is 6.58 Å². The maximum atomic E-state index is 13.1. The van der Waals surface area contributed by atoms with Crippen LogP contribution in [0.25, 0.3) is 0 Å². The Morgan fingerprint density at radius 1 is 1.33 bits per heavy atom. The molecular formula is C22H34O5. The molecule has 0 radical (unpaired) electrons. The van der Waals surface area contributed by atoms with Gasteiger partial charge in [0.2, 0.25) is 0 Å². The first-order valence-corrected chi connectivity index (χ1v) is 10.2. The van der Waals surface area contributed by atoms with E-state index in [1.165, 1.54) is 0 Å². The van der Waals surface area contributed by atoms with Gasteiger partial charge in [0.25, 0.3) is 0 Å². The minimum Gasteiger partial charge on any atom is -0.460 e. The van der Waals surface area contributed by atoms with E-state index in [1.807, 2.05) is 6.92 Å². The molecule has 8 atom stereocenters. The van der Waals surface area contributed by atoms with Gasteiger partial charge >= 0.3 is 5.97 Å². The lowest BCUT2D eigenvalue weighted by atomic mass is 9.44. The molecule has 2 unspecified atom stereocenters. The highest BCUT2D eigenvalue weighted by molar-refractivity contribution is 5.85. The fourth-order valence-electron chi connectivity index (χ4n) is 6.70. The van der Waals surface area contributed by atoms with Crippen LogP contribution in [0.15, 0.2) is 12.7 Å². The fraction of sp³-hybridized carbons (Fsp3) is 0.818. The van der Waals surface area contributed by atoms with Gasteiger partial charge in [-0.25, -0.2) is 4.79 Å². The number of ketones is 1. The van der Waals surface area contributed by atoms with E-state index in [9.17, 15) is 19.8 Å². The summed E-state index contributed by atoms with van der Waals surface area (Å²) in [6, 6.07) is 0. The maximum absolute atomic E-state index is 13.1. The van der Waals surface area contributed by atoms with Crippen LogP contribution < -0.4 is 0 Å². The van der Waals surface area contributed by atoms with Gasteiger partial charge in [0.05, 0.1) is 6.10 Å². The summed E-state index contributed by atoms with van der Waals surface area (Å²) in [5, 5.41) is 20.6. The second kappa shape index (κ2) is 6.70. The third-order valence-electron chi connectivity index (χ3n) is 8.70. The van der Waals surface area contributed by atoms with E-state index in [1.54, 1.807) is 6.08 Å². The van der Waals surface area contributed by atoms with E-state index >= 15 is 0 Å². The quantitative estimate of drug-likeness (QED) is 0.583. The molecule has 152 valence electrons. The zero-order valence-electron chi connectivity index (χ0n) is 17.0. The van der Waals surface area contributed by atoms with Gasteiger partial charge in [0, 0.05) is 23.2 Å². The van der Waals surface area contributed by atoms with Gasteiger partial charge in [-0.05, 0) is 42.9 Å². The van der Waals surface area contributed by atoms with Crippen LogP contribution in [0.4, 0.5) is 0 Å². The van der Waals surface area contributed by atoms with Crippen LogP contribution in [-0.4, -0.2) is 40.8 Å². The molecule has 0 aliphatic heterocycles. The predicted molar refractivity (Wildman–Crippen MR) is 102 cm³/mol. The molecule has 0 saturated heterocycles. The molecule has 3 rings (SSSR count). The summed E-state index contributed by atoms with van der Waals surface area (Å²) < 4.78 is 5.77. The van der Waals surface area contributed by atoms with Crippen LogP contribution >= 0.6 is 0 Å². The zero-order valence-corrected chi connectivity index (χ0v) is 17.0. The molecule has 0 aromatic rings. The molecule has 0 amide bonds. The van der Waals surface area contributed by atoms with Crippen molar-refractivity contribution in [2.24, 2.45) is 34.0 Å². The standard InChI is InChI=1S/C22H34O5/c1-6-20(4)11-16(27-17(25)12-23)21(5)13(2)7-9-22(14(3)19(20)26)10-8-15(24)18(21)22/h6,13-14,16,18-19,23,26H,1,7-12H2,2-5H3/t13?,14-,16+,18-,19-,20+,21?,22-/m0/s1. The van der Waals surface area contributed by atoms with Crippen molar-refractivity contribution < 1.29 is 24.5 Å². The summed E-state index contributed by atoms with van der Waals surface area (Å²) in [6.07, 6.45) is 4.10. The Kier molecular flexibility index (Phi) is 5.09. The second-order valence-corrected chi connectivity index (χ2v) is 9.72. The smallest absolute Gasteiger partial charge is 0.332 e. The Balaban J connectivity index is 2.21. The molecule has 2 N–H and O–H groups in total. The summed E-state index contributed by atoms with van der Waals surface area (Å²) in [7, 11) is 0. The summed E-state index contributed by atoms with van der Waals surface area (Å²) in [5.74, 6) is -0.520. The number of aliphatic hydroxyl groups excluding tert-OH is 2. The number of ether oxygens (including phenoxy) is 1. The van der Waals surface area contributed by atoms with E-state index in [4.69, 9.17) is 4.74 Å². The molecule has 5 heteroatoms. The van der Waals surface area contributed by atoms with E-state index in [2.05, 4.69) is 27.4 Å². The third-order valence-corrected chi connectivity index (χ3v) is 8.70. The van der Waals surface area contributed by atoms with Crippen molar-refractivity contribution in [2.45, 2.75) is 72.0 Å². The molecule has 27 heavy (non-hydrogen) atoms. The predicted octanol–water partition coefficient (Wildman–Crippen LogP) is 2.89. The number of rotatable bonds is 3. The SMILES string of the molecule is C=C[C@]1(C)C[C@@H](OC(=O)CO)C2(C)C(C)CC[C@]3(CCC(=O)[C@@H]23)[C@@H](C)[C@@H]1O. The first-order chi connectivity index (χ1) is 12.6. The number of carbonyl (C=O) groups excluding carboxylic acids is 2. The van der Waals surface area contributed by atoms with E-state index in [0.29, 0.717) is 12.8 Å². The second-order valence-electron chi connectivity index (χ2n) is 9.72. The monoisotopic (exact) mass is 378 g/mol. The minimum atomic E-state index is -0.686. The fourth-order valence-corrected chi connectivity index (χ4v) is 6.70. The molecule has 0 aromatic carbocycles. The van der Waals surface area contributed by atoms with Crippen LogP contribution in [0.1, 0.15) is 59.8 Å². The summed E-state index contributed by atoms with van der Waals surface area (Å²) >= 11 is 0. The largest absolute Gasteiger partial charge is 0.460 e. The van der Waals surface area contributed by atoms with Gasteiger partial charge in [0.15, 0.2) is 0 Å². The molecule has 3 aliphatic rings. The van der Waals surface area contributed by atoms with E-state index in [-0.39, 0.29) is 29.0 Å². The van der Waals surface area contributed by atoms with Crippen LogP contribution in [0.3, 0.4) is 0 Å². The van der Waals surface area contributed by atoms with Crippen molar-refractivity contribution in [2.75, 3.05) is 6.61 Å². The Bertz CT molecular complexity index is 645. The van der Waals surface area contributed by atoms with E-state index < -0.39 is 35.6 Å². The Hall–Kier alpha value is -1.20. The van der Waals surface area contributed by atoms with E-state index in [0.717, 1.165) is 19.3 Å². The number of esters is 1. The number of hydrogen-bond acceptors (Lipinski definition) is 5. The summed E-state index contributed by atoms with van der Waals surface area (Å²) in [6.45, 7) is 11.5. The van der Waals surface area contributed by atoms with Crippen molar-refractivity contribution in [3.63, 3.8) is 0 Å². The Morgan fingerprint density at radius 3 is 2.59 bits per heavy atom. The highest BCUT2D eigenvalue weighted by Crippen LogP contribution is 2.67. The van der Waals surface area contributed by atoms with Crippen molar-refractivity contribution in [3.05, 3.63) is 12.7 Å². The number of hydrogen-bond donors (Lipinski definition) is 2. The van der Waals surface area contributed by atoms with Crippen molar-refractivity contribution >= 4 is 11.8 Å². The molecule has 3 saturated carbocycles. The third kappa shape index (κ3) is 2.72. The van der Waals surface area contributed by atoms with Crippen LogP contribution in [0, 0.1) is 34.0 Å². The van der Waals surface area contributed by atoms with Crippen LogP contribution in [0.5, 0.6) is 0 Å². The first kappa shape index (κ1) is 20.5. The van der Waals surface area contributed by atoms with Gasteiger partial charge < -0.3 is 14.9 Å². The molecule has 0 heterocycles. The molecule has 3 fully saturated rings. The molecular weight excluding hydrogens is 344 g/mol. The van der Waals surface area contributed by atoms with Crippen molar-refractivity contribution in [1.29, 1.82) is 0 Å². The maximum Gasteiger partial charge on any atom is 0.332 e. The topological polar surface area (TPSA) is 83.8 Å². The molecule has 0 aromatic heterocycles. The average molecular weight is 379 g/mol. The average Bonchev–Trinajstić information content (AvgIpc) is 3.00. The van der Waals surface area contributed by atoms with Crippen molar-refractivity contribution in [1.82, 2.24) is 0 Å². The molecule has 0 spiro atoms. The lowest BCUT2D eigenvalue weighted by molar-refractivity contribution is -0.207. The molecule has 3 aliphatic carbocycles. The lowest BCUT2D eigenvalue weighted by Crippen LogP contribution is -2.63.